The average molecular weight is 279 g/mol. The molecule has 0 unspecified atom stereocenters. The molecule has 2 N–H and O–H groups in total. The number of nitrogens with zero attached hydrogens (tertiary/aromatic N) is 2. The number of aromatic nitrogens is 2. The van der Waals surface area contributed by atoms with Gasteiger partial charge in [0.1, 0.15) is 0 Å². The van der Waals surface area contributed by atoms with Crippen LogP contribution < -0.4 is 5.32 Å². The minimum Gasteiger partial charge on any atom is -0.389 e. The first-order valence-corrected chi connectivity index (χ1v) is 7.86. The summed E-state index contributed by atoms with van der Waals surface area (Å²) in [6, 6.07) is 0. The third-order valence-corrected chi connectivity index (χ3v) is 4.56. The lowest BCUT2D eigenvalue weighted by molar-refractivity contribution is -0.0245. The Bertz CT molecular complexity index is 415. The Morgan fingerprint density at radius 3 is 2.65 bits per heavy atom. The fourth-order valence-corrected chi connectivity index (χ4v) is 2.93. The molecule has 4 heteroatoms. The maximum absolute atomic E-state index is 10.6. The van der Waals surface area contributed by atoms with Crippen molar-refractivity contribution in [3.8, 4) is 0 Å². The van der Waals surface area contributed by atoms with E-state index in [1.54, 1.807) is 0 Å². The van der Waals surface area contributed by atoms with E-state index in [4.69, 9.17) is 0 Å². The van der Waals surface area contributed by atoms with Crippen LogP contribution in [0.4, 0.5) is 0 Å². The summed E-state index contributed by atoms with van der Waals surface area (Å²) in [4.78, 5) is 4.20. The summed E-state index contributed by atoms with van der Waals surface area (Å²) in [6.45, 7) is 9.23. The highest BCUT2D eigenvalue weighted by molar-refractivity contribution is 4.99. The van der Waals surface area contributed by atoms with Gasteiger partial charge in [0, 0.05) is 25.8 Å². The predicted molar refractivity (Wildman–Crippen MR) is 81.4 cm³/mol. The number of aryl methyl sites for hydroxylation is 1. The van der Waals surface area contributed by atoms with Gasteiger partial charge in [-0.15, -0.1) is 0 Å². The number of hydrogen-bond acceptors (Lipinski definition) is 3. The van der Waals surface area contributed by atoms with E-state index >= 15 is 0 Å². The minimum absolute atomic E-state index is 0.395. The Hall–Kier alpha value is -0.870. The van der Waals surface area contributed by atoms with E-state index in [-0.39, 0.29) is 0 Å². The second-order valence-corrected chi connectivity index (χ2v) is 7.07. The molecule has 2 rings (SSSR count). The molecule has 20 heavy (non-hydrogen) atoms. The van der Waals surface area contributed by atoms with Crippen molar-refractivity contribution in [3.05, 3.63) is 18.2 Å². The van der Waals surface area contributed by atoms with Crippen molar-refractivity contribution in [1.29, 1.82) is 0 Å². The van der Waals surface area contributed by atoms with Crippen LogP contribution in [0, 0.1) is 5.41 Å². The van der Waals surface area contributed by atoms with Gasteiger partial charge >= 0.3 is 0 Å². The monoisotopic (exact) mass is 279 g/mol. The fourth-order valence-electron chi connectivity index (χ4n) is 2.93. The Kier molecular flexibility index (Phi) is 4.86. The Labute approximate surface area is 122 Å². The van der Waals surface area contributed by atoms with Crippen LogP contribution in [0.2, 0.25) is 0 Å². The maximum Gasteiger partial charge on any atom is 0.0948 e. The van der Waals surface area contributed by atoms with Crippen LogP contribution in [-0.2, 0) is 13.1 Å². The summed E-state index contributed by atoms with van der Waals surface area (Å²) in [5.41, 5.74) is 1.07. The zero-order chi connectivity index (χ0) is 14.6. The number of nitrogens with one attached hydrogen (secondary N) is 1. The van der Waals surface area contributed by atoms with Gasteiger partial charge in [-0.05, 0) is 37.5 Å². The van der Waals surface area contributed by atoms with Gasteiger partial charge in [-0.3, -0.25) is 0 Å². The van der Waals surface area contributed by atoms with Crippen LogP contribution in [0.3, 0.4) is 0 Å². The standard InChI is InChI=1S/C16H29N3O/c1-4-9-19-13-18-11-14(19)10-17-12-16(20)7-5-15(2,3)6-8-16/h11,13,17,20H,4-10,12H2,1-3H3. The normalized spacial score (nSPS) is 21.0. The highest BCUT2D eigenvalue weighted by Gasteiger charge is 2.36. The van der Waals surface area contributed by atoms with E-state index in [0.29, 0.717) is 12.0 Å². The first-order chi connectivity index (χ1) is 9.44. The zero-order valence-electron chi connectivity index (χ0n) is 13.2. The van der Waals surface area contributed by atoms with Crippen LogP contribution >= 0.6 is 0 Å². The lowest BCUT2D eigenvalue weighted by atomic mass is 9.71. The number of hydrogen-bond donors (Lipinski definition) is 2. The average Bonchev–Trinajstić information content (AvgIpc) is 2.82. The third kappa shape index (κ3) is 4.06. The lowest BCUT2D eigenvalue weighted by Crippen LogP contribution is -2.45. The first kappa shape index (κ1) is 15.5. The van der Waals surface area contributed by atoms with Gasteiger partial charge in [0.05, 0.1) is 17.6 Å². The molecule has 1 aromatic heterocycles. The van der Waals surface area contributed by atoms with E-state index in [1.165, 1.54) is 5.69 Å². The van der Waals surface area contributed by atoms with Gasteiger partial charge in [-0.25, -0.2) is 4.98 Å². The fraction of sp³-hybridized carbons (Fsp3) is 0.812. The lowest BCUT2D eigenvalue weighted by Gasteiger charge is -2.40. The molecule has 114 valence electrons. The first-order valence-electron chi connectivity index (χ1n) is 7.86. The van der Waals surface area contributed by atoms with Crippen molar-refractivity contribution in [1.82, 2.24) is 14.9 Å². The van der Waals surface area contributed by atoms with Crippen molar-refractivity contribution >= 4 is 0 Å². The van der Waals surface area contributed by atoms with Crippen LogP contribution in [0.5, 0.6) is 0 Å². The molecule has 1 aliphatic carbocycles. The molecule has 4 nitrogen and oxygen atoms in total. The SMILES string of the molecule is CCCn1cncc1CNCC1(O)CCC(C)(C)CC1. The molecule has 1 aromatic rings. The number of aliphatic hydroxyl groups is 1. The number of rotatable bonds is 6. The van der Waals surface area contributed by atoms with E-state index in [2.05, 4.69) is 35.6 Å². The van der Waals surface area contributed by atoms with Gasteiger partial charge in [0.15, 0.2) is 0 Å². The highest BCUT2D eigenvalue weighted by Crippen LogP contribution is 2.39. The quantitative estimate of drug-likeness (QED) is 0.842. The molecule has 0 amide bonds. The van der Waals surface area contributed by atoms with Gasteiger partial charge < -0.3 is 15.0 Å². The smallest absolute Gasteiger partial charge is 0.0948 e. The van der Waals surface area contributed by atoms with Gasteiger partial charge in [0.25, 0.3) is 0 Å². The summed E-state index contributed by atoms with van der Waals surface area (Å²) in [5, 5.41) is 14.0. The molecule has 0 aliphatic heterocycles. The molecule has 0 saturated heterocycles. The summed E-state index contributed by atoms with van der Waals surface area (Å²) in [7, 11) is 0. The molecule has 0 radical (unpaired) electrons. The molecule has 0 atom stereocenters. The molecule has 1 saturated carbocycles. The number of imidazole rings is 1. The molecule has 1 fully saturated rings. The van der Waals surface area contributed by atoms with Crippen molar-refractivity contribution < 1.29 is 5.11 Å². The zero-order valence-corrected chi connectivity index (χ0v) is 13.2. The summed E-state index contributed by atoms with van der Waals surface area (Å²) >= 11 is 0. The maximum atomic E-state index is 10.6. The minimum atomic E-state index is -0.523. The third-order valence-electron chi connectivity index (χ3n) is 4.56. The van der Waals surface area contributed by atoms with Crippen LogP contribution in [0.15, 0.2) is 12.5 Å². The van der Waals surface area contributed by atoms with E-state index in [1.807, 2.05) is 12.5 Å². The molecule has 1 aliphatic rings. The molecule has 0 spiro atoms. The van der Waals surface area contributed by atoms with Crippen molar-refractivity contribution in [2.24, 2.45) is 5.41 Å². The summed E-state index contributed by atoms with van der Waals surface area (Å²) in [5.74, 6) is 0. The van der Waals surface area contributed by atoms with Crippen molar-refractivity contribution in [2.75, 3.05) is 6.54 Å². The Morgan fingerprint density at radius 1 is 1.30 bits per heavy atom. The van der Waals surface area contributed by atoms with Gasteiger partial charge in [-0.1, -0.05) is 20.8 Å². The van der Waals surface area contributed by atoms with Crippen LogP contribution in [0.1, 0.15) is 58.6 Å². The van der Waals surface area contributed by atoms with Crippen LogP contribution in [-0.4, -0.2) is 26.8 Å². The van der Waals surface area contributed by atoms with E-state index in [0.717, 1.165) is 45.2 Å². The predicted octanol–water partition coefficient (Wildman–Crippen LogP) is 2.71. The van der Waals surface area contributed by atoms with Gasteiger partial charge in [-0.2, -0.15) is 0 Å². The van der Waals surface area contributed by atoms with E-state index < -0.39 is 5.60 Å². The molecular formula is C16H29N3O. The summed E-state index contributed by atoms with van der Waals surface area (Å²) in [6.07, 6.45) is 8.94. The Morgan fingerprint density at radius 2 is 2.00 bits per heavy atom. The van der Waals surface area contributed by atoms with E-state index in [9.17, 15) is 5.11 Å². The molecular weight excluding hydrogens is 250 g/mol. The summed E-state index contributed by atoms with van der Waals surface area (Å²) < 4.78 is 2.18. The Balaban J connectivity index is 1.79. The molecule has 0 bridgehead atoms. The van der Waals surface area contributed by atoms with Crippen molar-refractivity contribution in [2.45, 2.75) is 71.6 Å². The second-order valence-electron chi connectivity index (χ2n) is 7.07. The van der Waals surface area contributed by atoms with Crippen LogP contribution in [0.25, 0.3) is 0 Å². The highest BCUT2D eigenvalue weighted by atomic mass is 16.3. The topological polar surface area (TPSA) is 50.1 Å². The van der Waals surface area contributed by atoms with Crippen molar-refractivity contribution in [3.63, 3.8) is 0 Å². The second kappa shape index (κ2) is 6.27. The van der Waals surface area contributed by atoms with Gasteiger partial charge in [0.2, 0.25) is 0 Å². The molecule has 0 aromatic carbocycles. The molecule has 1 heterocycles. The largest absolute Gasteiger partial charge is 0.389 e.